The lowest BCUT2D eigenvalue weighted by atomic mass is 10.1. The van der Waals surface area contributed by atoms with Gasteiger partial charge in [-0.05, 0) is 50.1 Å². The Morgan fingerprint density at radius 1 is 1.40 bits per heavy atom. The minimum absolute atomic E-state index is 0.00666. The molecule has 1 atom stereocenters. The van der Waals surface area contributed by atoms with Crippen molar-refractivity contribution in [1.82, 2.24) is 10.6 Å². The van der Waals surface area contributed by atoms with E-state index in [9.17, 15) is 13.2 Å². The molecule has 0 spiro atoms. The fourth-order valence-electron chi connectivity index (χ4n) is 2.30. The van der Waals surface area contributed by atoms with Crippen LogP contribution >= 0.6 is 0 Å². The number of carbonyl (C=O) groups excluding carboxylic acids is 1. The minimum Gasteiger partial charge on any atom is -0.348 e. The maximum absolute atomic E-state index is 12.2. The van der Waals surface area contributed by atoms with Crippen molar-refractivity contribution in [3.63, 3.8) is 0 Å². The predicted octanol–water partition coefficient (Wildman–Crippen LogP) is 0.0425. The molecule has 0 aromatic heterocycles. The first-order chi connectivity index (χ1) is 9.29. The zero-order chi connectivity index (χ0) is 14.9. The van der Waals surface area contributed by atoms with Crippen molar-refractivity contribution in [3.05, 3.63) is 28.8 Å². The van der Waals surface area contributed by atoms with Gasteiger partial charge in [-0.1, -0.05) is 0 Å². The van der Waals surface area contributed by atoms with Crippen LogP contribution in [0.1, 0.15) is 27.9 Å². The van der Waals surface area contributed by atoms with Crippen LogP contribution in [0.15, 0.2) is 17.0 Å². The van der Waals surface area contributed by atoms with E-state index in [-0.39, 0.29) is 16.8 Å². The Bertz CT molecular complexity index is 635. The Hall–Kier alpha value is -1.44. The summed E-state index contributed by atoms with van der Waals surface area (Å²) in [6.07, 6.45) is 0.874. The highest BCUT2D eigenvalue weighted by Gasteiger charge is 2.20. The summed E-state index contributed by atoms with van der Waals surface area (Å²) >= 11 is 0. The third-order valence-electron chi connectivity index (χ3n) is 3.58. The van der Waals surface area contributed by atoms with Crippen LogP contribution in [0, 0.1) is 13.8 Å². The Labute approximate surface area is 118 Å². The van der Waals surface area contributed by atoms with Crippen LogP contribution in [0.2, 0.25) is 0 Å². The summed E-state index contributed by atoms with van der Waals surface area (Å²) in [5.74, 6) is -0.272. The molecule has 20 heavy (non-hydrogen) atoms. The smallest absolute Gasteiger partial charge is 0.251 e. The van der Waals surface area contributed by atoms with Gasteiger partial charge in [0.2, 0.25) is 10.0 Å². The van der Waals surface area contributed by atoms with Gasteiger partial charge in [0.25, 0.3) is 5.91 Å². The Balaban J connectivity index is 2.32. The predicted molar refractivity (Wildman–Crippen MR) is 76.0 cm³/mol. The van der Waals surface area contributed by atoms with Crippen LogP contribution < -0.4 is 15.8 Å². The zero-order valence-corrected chi connectivity index (χ0v) is 12.4. The molecule has 1 aromatic rings. The van der Waals surface area contributed by atoms with E-state index in [0.29, 0.717) is 11.1 Å². The highest BCUT2D eigenvalue weighted by Crippen LogP contribution is 2.20. The van der Waals surface area contributed by atoms with Gasteiger partial charge in [0.1, 0.15) is 0 Å². The normalized spacial score (nSPS) is 19.1. The summed E-state index contributed by atoms with van der Waals surface area (Å²) in [4.78, 5) is 12.2. The van der Waals surface area contributed by atoms with Crippen LogP contribution in [0.5, 0.6) is 0 Å². The molecule has 1 amide bonds. The number of nitrogens with one attached hydrogen (secondary N) is 2. The number of primary sulfonamides is 1. The van der Waals surface area contributed by atoms with Crippen LogP contribution in [-0.4, -0.2) is 33.5 Å². The first kappa shape index (κ1) is 15.0. The average Bonchev–Trinajstić information content (AvgIpc) is 2.83. The summed E-state index contributed by atoms with van der Waals surface area (Å²) in [5, 5.41) is 11.2. The Kier molecular flexibility index (Phi) is 4.12. The van der Waals surface area contributed by atoms with E-state index >= 15 is 0 Å². The van der Waals surface area contributed by atoms with E-state index in [4.69, 9.17) is 5.14 Å². The third kappa shape index (κ3) is 3.17. The first-order valence-electron chi connectivity index (χ1n) is 6.44. The molecule has 0 aliphatic carbocycles. The van der Waals surface area contributed by atoms with E-state index in [1.807, 2.05) is 0 Å². The fourth-order valence-corrected chi connectivity index (χ4v) is 3.18. The summed E-state index contributed by atoms with van der Waals surface area (Å²) in [6.45, 7) is 5.05. The number of nitrogens with two attached hydrogens (primary N) is 1. The molecule has 2 rings (SSSR count). The van der Waals surface area contributed by atoms with E-state index in [1.54, 1.807) is 19.9 Å². The molecule has 0 bridgehead atoms. The molecule has 1 heterocycles. The van der Waals surface area contributed by atoms with Gasteiger partial charge in [-0.15, -0.1) is 0 Å². The zero-order valence-electron chi connectivity index (χ0n) is 11.6. The van der Waals surface area contributed by atoms with Gasteiger partial charge in [0.15, 0.2) is 0 Å². The molecular formula is C13H19N3O3S. The fraction of sp³-hybridized carbons (Fsp3) is 0.462. The van der Waals surface area contributed by atoms with Crippen molar-refractivity contribution in [2.24, 2.45) is 5.14 Å². The number of aryl methyl sites for hydroxylation is 1. The molecule has 1 unspecified atom stereocenters. The van der Waals surface area contributed by atoms with Gasteiger partial charge in [-0.3, -0.25) is 4.79 Å². The van der Waals surface area contributed by atoms with Crippen molar-refractivity contribution < 1.29 is 13.2 Å². The van der Waals surface area contributed by atoms with Gasteiger partial charge in [-0.2, -0.15) is 0 Å². The molecule has 0 saturated carbocycles. The molecule has 0 radical (unpaired) electrons. The van der Waals surface area contributed by atoms with Crippen LogP contribution in [-0.2, 0) is 10.0 Å². The van der Waals surface area contributed by atoms with Crippen molar-refractivity contribution in [3.8, 4) is 0 Å². The summed E-state index contributed by atoms with van der Waals surface area (Å²) < 4.78 is 23.1. The molecular weight excluding hydrogens is 278 g/mol. The lowest BCUT2D eigenvalue weighted by molar-refractivity contribution is 0.0939. The molecule has 7 heteroatoms. The van der Waals surface area contributed by atoms with Gasteiger partial charge < -0.3 is 10.6 Å². The quantitative estimate of drug-likeness (QED) is 0.733. The van der Waals surface area contributed by atoms with E-state index in [1.165, 1.54) is 6.07 Å². The highest BCUT2D eigenvalue weighted by atomic mass is 32.2. The van der Waals surface area contributed by atoms with E-state index in [0.717, 1.165) is 25.1 Å². The standard InChI is InChI=1S/C13H19N3O3S/c1-8-5-10(6-12(9(8)2)20(14,18)19)13(17)16-11-3-4-15-7-11/h5-6,11,15H,3-4,7H2,1-2H3,(H,16,17)(H2,14,18,19). The molecule has 1 saturated heterocycles. The number of sulfonamides is 1. The summed E-state index contributed by atoms with van der Waals surface area (Å²) in [7, 11) is -3.83. The monoisotopic (exact) mass is 297 g/mol. The molecule has 1 aliphatic rings. The maximum Gasteiger partial charge on any atom is 0.251 e. The number of carbonyl (C=O) groups is 1. The van der Waals surface area contributed by atoms with E-state index < -0.39 is 10.0 Å². The second-order valence-electron chi connectivity index (χ2n) is 5.12. The van der Waals surface area contributed by atoms with Crippen LogP contribution in [0.3, 0.4) is 0 Å². The summed E-state index contributed by atoms with van der Waals surface area (Å²) in [6, 6.07) is 3.11. The molecule has 110 valence electrons. The molecule has 1 fully saturated rings. The maximum atomic E-state index is 12.2. The second kappa shape index (κ2) is 5.51. The number of rotatable bonds is 3. The number of amides is 1. The van der Waals surface area contributed by atoms with Gasteiger partial charge in [0, 0.05) is 18.2 Å². The highest BCUT2D eigenvalue weighted by molar-refractivity contribution is 7.89. The Morgan fingerprint density at radius 3 is 2.65 bits per heavy atom. The van der Waals surface area contributed by atoms with Gasteiger partial charge >= 0.3 is 0 Å². The molecule has 6 nitrogen and oxygen atoms in total. The SMILES string of the molecule is Cc1cc(C(=O)NC2CCNC2)cc(S(N)(=O)=O)c1C. The molecule has 1 aliphatic heterocycles. The van der Waals surface area contributed by atoms with Crippen molar-refractivity contribution in [2.75, 3.05) is 13.1 Å². The van der Waals surface area contributed by atoms with E-state index in [2.05, 4.69) is 10.6 Å². The lowest BCUT2D eigenvalue weighted by Crippen LogP contribution is -2.36. The van der Waals surface area contributed by atoms with Crippen LogP contribution in [0.4, 0.5) is 0 Å². The largest absolute Gasteiger partial charge is 0.348 e. The van der Waals surface area contributed by atoms with Crippen molar-refractivity contribution in [1.29, 1.82) is 0 Å². The average molecular weight is 297 g/mol. The second-order valence-corrected chi connectivity index (χ2v) is 6.65. The lowest BCUT2D eigenvalue weighted by Gasteiger charge is -2.14. The van der Waals surface area contributed by atoms with Crippen LogP contribution in [0.25, 0.3) is 0 Å². The minimum atomic E-state index is -3.83. The van der Waals surface area contributed by atoms with Crippen molar-refractivity contribution >= 4 is 15.9 Å². The summed E-state index contributed by atoms with van der Waals surface area (Å²) in [5.41, 5.74) is 1.63. The van der Waals surface area contributed by atoms with Gasteiger partial charge in [-0.25, -0.2) is 13.6 Å². The number of benzene rings is 1. The molecule has 1 aromatic carbocycles. The Morgan fingerprint density at radius 2 is 2.10 bits per heavy atom. The van der Waals surface area contributed by atoms with Gasteiger partial charge in [0.05, 0.1) is 4.90 Å². The number of hydrogen-bond acceptors (Lipinski definition) is 4. The first-order valence-corrected chi connectivity index (χ1v) is 7.99. The van der Waals surface area contributed by atoms with Crippen molar-refractivity contribution in [2.45, 2.75) is 31.2 Å². The number of hydrogen-bond donors (Lipinski definition) is 3. The third-order valence-corrected chi connectivity index (χ3v) is 4.62. The topological polar surface area (TPSA) is 101 Å². The molecule has 4 N–H and O–H groups in total.